The van der Waals surface area contributed by atoms with Gasteiger partial charge in [-0.15, -0.1) is 0 Å². The lowest BCUT2D eigenvalue weighted by molar-refractivity contribution is -0.135. The molecular weight excluding hydrogens is 166 g/mol. The van der Waals surface area contributed by atoms with E-state index in [0.717, 1.165) is 25.7 Å². The topological polar surface area (TPSA) is 40.5 Å². The molecule has 13 heavy (non-hydrogen) atoms. The van der Waals surface area contributed by atoms with Gasteiger partial charge in [-0.1, -0.05) is 19.8 Å². The van der Waals surface area contributed by atoms with Crippen LogP contribution < -0.4 is 0 Å². The van der Waals surface area contributed by atoms with Crippen LogP contribution in [0.1, 0.15) is 39.0 Å². The molecule has 0 spiro atoms. The summed E-state index contributed by atoms with van der Waals surface area (Å²) < 4.78 is 0. The number of carbonyl (C=O) groups is 1. The quantitative estimate of drug-likeness (QED) is 0.701. The Bertz CT molecular complexity index is 182. The Morgan fingerprint density at radius 1 is 1.46 bits per heavy atom. The molecule has 2 atom stereocenters. The summed E-state index contributed by atoms with van der Waals surface area (Å²) in [5.41, 5.74) is 0. The van der Waals surface area contributed by atoms with Crippen LogP contribution in [0, 0.1) is 0 Å². The van der Waals surface area contributed by atoms with Crippen LogP contribution in [0.3, 0.4) is 0 Å². The summed E-state index contributed by atoms with van der Waals surface area (Å²) in [6, 6.07) is 0.0567. The van der Waals surface area contributed by atoms with Crippen LogP contribution in [0.25, 0.3) is 0 Å². The Labute approximate surface area is 79.7 Å². The molecule has 0 aliphatic heterocycles. The van der Waals surface area contributed by atoms with Crippen LogP contribution in [0.2, 0.25) is 0 Å². The van der Waals surface area contributed by atoms with E-state index in [1.54, 1.807) is 11.9 Å². The van der Waals surface area contributed by atoms with Gasteiger partial charge < -0.3 is 10.0 Å². The largest absolute Gasteiger partial charge is 0.391 e. The van der Waals surface area contributed by atoms with Gasteiger partial charge in [0.15, 0.2) is 0 Å². The maximum Gasteiger partial charge on any atom is 0.222 e. The van der Waals surface area contributed by atoms with Crippen LogP contribution in [-0.4, -0.2) is 35.1 Å². The number of amides is 1. The Balaban J connectivity index is 2.53. The van der Waals surface area contributed by atoms with Gasteiger partial charge in [-0.05, 0) is 12.8 Å². The zero-order valence-electron chi connectivity index (χ0n) is 8.49. The molecule has 0 aromatic carbocycles. The summed E-state index contributed by atoms with van der Waals surface area (Å²) in [6.07, 6.45) is 4.22. The van der Waals surface area contributed by atoms with Crippen molar-refractivity contribution in [1.29, 1.82) is 0 Å². The fourth-order valence-corrected chi connectivity index (χ4v) is 1.98. The SMILES string of the molecule is CCC(=O)N(C)[C@@H]1CCCC[C@H]1O. The van der Waals surface area contributed by atoms with Gasteiger partial charge in [-0.2, -0.15) is 0 Å². The van der Waals surface area contributed by atoms with Gasteiger partial charge in [0.1, 0.15) is 0 Å². The summed E-state index contributed by atoms with van der Waals surface area (Å²) in [7, 11) is 1.80. The highest BCUT2D eigenvalue weighted by Gasteiger charge is 2.28. The van der Waals surface area contributed by atoms with Crippen molar-refractivity contribution in [2.45, 2.75) is 51.2 Å². The molecule has 0 heterocycles. The van der Waals surface area contributed by atoms with Gasteiger partial charge in [-0.25, -0.2) is 0 Å². The normalized spacial score (nSPS) is 28.5. The van der Waals surface area contributed by atoms with Crippen LogP contribution in [-0.2, 0) is 4.79 Å². The highest BCUT2D eigenvalue weighted by molar-refractivity contribution is 5.75. The molecule has 0 saturated heterocycles. The highest BCUT2D eigenvalue weighted by atomic mass is 16.3. The number of rotatable bonds is 2. The molecule has 0 aromatic heterocycles. The third-order valence-corrected chi connectivity index (χ3v) is 2.89. The zero-order valence-corrected chi connectivity index (χ0v) is 8.49. The number of hydrogen-bond acceptors (Lipinski definition) is 2. The summed E-state index contributed by atoms with van der Waals surface area (Å²) in [5, 5.41) is 9.69. The van der Waals surface area contributed by atoms with E-state index in [1.807, 2.05) is 6.92 Å². The molecule has 76 valence electrons. The first-order chi connectivity index (χ1) is 6.16. The highest BCUT2D eigenvalue weighted by Crippen LogP contribution is 2.22. The minimum atomic E-state index is -0.311. The van der Waals surface area contributed by atoms with Crippen LogP contribution in [0.5, 0.6) is 0 Å². The van der Waals surface area contributed by atoms with Gasteiger partial charge >= 0.3 is 0 Å². The van der Waals surface area contributed by atoms with Crippen LogP contribution >= 0.6 is 0 Å². The van der Waals surface area contributed by atoms with Crippen molar-refractivity contribution in [3.8, 4) is 0 Å². The van der Waals surface area contributed by atoms with Crippen molar-refractivity contribution in [2.75, 3.05) is 7.05 Å². The average Bonchev–Trinajstić information content (AvgIpc) is 2.16. The predicted octanol–water partition coefficient (Wildman–Crippen LogP) is 1.16. The lowest BCUT2D eigenvalue weighted by atomic mass is 9.91. The molecule has 0 bridgehead atoms. The fraction of sp³-hybridized carbons (Fsp3) is 0.900. The monoisotopic (exact) mass is 185 g/mol. The minimum Gasteiger partial charge on any atom is -0.391 e. The molecule has 1 aliphatic carbocycles. The summed E-state index contributed by atoms with van der Waals surface area (Å²) in [4.78, 5) is 13.1. The Morgan fingerprint density at radius 2 is 2.08 bits per heavy atom. The molecule has 1 amide bonds. The van der Waals surface area contributed by atoms with Crippen molar-refractivity contribution in [1.82, 2.24) is 4.90 Å². The summed E-state index contributed by atoms with van der Waals surface area (Å²) in [5.74, 6) is 0.131. The number of carbonyl (C=O) groups excluding carboxylic acids is 1. The van der Waals surface area contributed by atoms with Gasteiger partial charge in [0, 0.05) is 13.5 Å². The van der Waals surface area contributed by atoms with E-state index in [0.29, 0.717) is 6.42 Å². The molecular formula is C10H19NO2. The molecule has 0 unspecified atom stereocenters. The molecule has 1 aliphatic rings. The number of nitrogens with zero attached hydrogens (tertiary/aromatic N) is 1. The van der Waals surface area contributed by atoms with E-state index in [4.69, 9.17) is 0 Å². The van der Waals surface area contributed by atoms with Gasteiger partial charge in [0.25, 0.3) is 0 Å². The Hall–Kier alpha value is -0.570. The fourth-order valence-electron chi connectivity index (χ4n) is 1.98. The van der Waals surface area contributed by atoms with E-state index >= 15 is 0 Å². The second-order valence-electron chi connectivity index (χ2n) is 3.78. The first-order valence-electron chi connectivity index (χ1n) is 5.10. The molecule has 1 rings (SSSR count). The second-order valence-corrected chi connectivity index (χ2v) is 3.78. The van der Waals surface area contributed by atoms with Crippen molar-refractivity contribution >= 4 is 5.91 Å². The maximum atomic E-state index is 11.4. The minimum absolute atomic E-state index is 0.0567. The molecule has 1 fully saturated rings. The van der Waals surface area contributed by atoms with Crippen molar-refractivity contribution in [3.05, 3.63) is 0 Å². The smallest absolute Gasteiger partial charge is 0.222 e. The van der Waals surface area contributed by atoms with Crippen LogP contribution in [0.15, 0.2) is 0 Å². The molecule has 1 saturated carbocycles. The van der Waals surface area contributed by atoms with Crippen molar-refractivity contribution in [2.24, 2.45) is 0 Å². The number of aliphatic hydroxyl groups is 1. The molecule has 3 nitrogen and oxygen atoms in total. The van der Waals surface area contributed by atoms with Gasteiger partial charge in [0.05, 0.1) is 12.1 Å². The predicted molar refractivity (Wildman–Crippen MR) is 51.3 cm³/mol. The molecule has 1 N–H and O–H groups in total. The van der Waals surface area contributed by atoms with E-state index in [1.165, 1.54) is 0 Å². The first kappa shape index (κ1) is 10.5. The summed E-state index contributed by atoms with van der Waals surface area (Å²) in [6.45, 7) is 1.86. The van der Waals surface area contributed by atoms with E-state index in [9.17, 15) is 9.90 Å². The number of aliphatic hydroxyl groups excluding tert-OH is 1. The molecule has 0 radical (unpaired) electrons. The lowest BCUT2D eigenvalue weighted by Crippen LogP contribution is -2.46. The number of hydrogen-bond donors (Lipinski definition) is 1. The van der Waals surface area contributed by atoms with Crippen molar-refractivity contribution < 1.29 is 9.90 Å². The number of likely N-dealkylation sites (N-methyl/N-ethyl adjacent to an activating group) is 1. The third-order valence-electron chi connectivity index (χ3n) is 2.89. The van der Waals surface area contributed by atoms with Gasteiger partial charge in [0.2, 0.25) is 5.91 Å². The average molecular weight is 185 g/mol. The van der Waals surface area contributed by atoms with Crippen molar-refractivity contribution in [3.63, 3.8) is 0 Å². The van der Waals surface area contributed by atoms with E-state index < -0.39 is 0 Å². The zero-order chi connectivity index (χ0) is 9.84. The maximum absolute atomic E-state index is 11.4. The van der Waals surface area contributed by atoms with Crippen LogP contribution in [0.4, 0.5) is 0 Å². The Kier molecular flexibility index (Phi) is 3.72. The van der Waals surface area contributed by atoms with E-state index in [2.05, 4.69) is 0 Å². The third kappa shape index (κ3) is 2.44. The molecule has 0 aromatic rings. The second kappa shape index (κ2) is 4.61. The summed E-state index contributed by atoms with van der Waals surface area (Å²) >= 11 is 0. The van der Waals surface area contributed by atoms with E-state index in [-0.39, 0.29) is 18.1 Å². The lowest BCUT2D eigenvalue weighted by Gasteiger charge is -2.35. The first-order valence-corrected chi connectivity index (χ1v) is 5.10. The Morgan fingerprint density at radius 3 is 2.62 bits per heavy atom. The molecule has 3 heteroatoms. The standard InChI is InChI=1S/C10H19NO2/c1-3-10(13)11(2)8-6-4-5-7-9(8)12/h8-9,12H,3-7H2,1-2H3/t8-,9-/m1/s1. The van der Waals surface area contributed by atoms with Gasteiger partial charge in [-0.3, -0.25) is 4.79 Å².